The summed E-state index contributed by atoms with van der Waals surface area (Å²) in [4.78, 5) is 13.4. The predicted molar refractivity (Wildman–Crippen MR) is 104 cm³/mol. The molecule has 126 valence electrons. The van der Waals surface area contributed by atoms with E-state index in [2.05, 4.69) is 15.9 Å². The second kappa shape index (κ2) is 7.49. The Kier molecular flexibility index (Phi) is 5.14. The van der Waals surface area contributed by atoms with Crippen molar-refractivity contribution in [1.82, 2.24) is 14.7 Å². The topological polar surface area (TPSA) is 38.1 Å². The minimum absolute atomic E-state index is 0.0609. The van der Waals surface area contributed by atoms with Crippen molar-refractivity contribution < 1.29 is 4.79 Å². The third kappa shape index (κ3) is 4.06. The highest BCUT2D eigenvalue weighted by molar-refractivity contribution is 9.10. The molecule has 3 rings (SSSR count). The standard InChI is InChI=1S/C20H18BrN3O/c1-23(2)19(25)13-10-16-14-24(18-6-4-3-5-7-18)22-20(16)15-8-11-17(21)12-9-15/h3-14H,1-2H3/b13-10+. The van der Waals surface area contributed by atoms with Crippen molar-refractivity contribution in [2.75, 3.05) is 14.1 Å². The van der Waals surface area contributed by atoms with Crippen molar-refractivity contribution in [2.45, 2.75) is 0 Å². The Morgan fingerprint density at radius 3 is 2.40 bits per heavy atom. The molecule has 0 saturated carbocycles. The van der Waals surface area contributed by atoms with Gasteiger partial charge in [0.1, 0.15) is 0 Å². The van der Waals surface area contributed by atoms with Gasteiger partial charge in [0.15, 0.2) is 0 Å². The van der Waals surface area contributed by atoms with Crippen LogP contribution >= 0.6 is 15.9 Å². The van der Waals surface area contributed by atoms with Crippen LogP contribution in [0, 0.1) is 0 Å². The molecule has 0 spiro atoms. The monoisotopic (exact) mass is 395 g/mol. The van der Waals surface area contributed by atoms with Gasteiger partial charge in [0.2, 0.25) is 5.91 Å². The summed E-state index contributed by atoms with van der Waals surface area (Å²) in [5, 5.41) is 4.73. The van der Waals surface area contributed by atoms with Gasteiger partial charge >= 0.3 is 0 Å². The summed E-state index contributed by atoms with van der Waals surface area (Å²) in [6, 6.07) is 17.9. The van der Waals surface area contributed by atoms with E-state index in [0.717, 1.165) is 27.0 Å². The highest BCUT2D eigenvalue weighted by Crippen LogP contribution is 2.26. The van der Waals surface area contributed by atoms with Gasteiger partial charge in [-0.25, -0.2) is 4.68 Å². The van der Waals surface area contributed by atoms with Crippen molar-refractivity contribution in [3.8, 4) is 16.9 Å². The first-order valence-corrected chi connectivity index (χ1v) is 8.64. The van der Waals surface area contributed by atoms with Gasteiger partial charge in [-0.2, -0.15) is 5.10 Å². The van der Waals surface area contributed by atoms with Crippen molar-refractivity contribution >= 4 is 27.9 Å². The smallest absolute Gasteiger partial charge is 0.246 e. The fourth-order valence-electron chi connectivity index (χ4n) is 2.36. The van der Waals surface area contributed by atoms with Crippen LogP contribution in [0.15, 0.2) is 71.3 Å². The van der Waals surface area contributed by atoms with Crippen LogP contribution in [0.25, 0.3) is 23.0 Å². The second-order valence-electron chi connectivity index (χ2n) is 5.79. The quantitative estimate of drug-likeness (QED) is 0.613. The fourth-order valence-corrected chi connectivity index (χ4v) is 2.63. The van der Waals surface area contributed by atoms with E-state index in [-0.39, 0.29) is 5.91 Å². The Balaban J connectivity index is 2.06. The summed E-state index contributed by atoms with van der Waals surface area (Å²) >= 11 is 3.45. The molecule has 0 unspecified atom stereocenters. The number of hydrogen-bond donors (Lipinski definition) is 0. The summed E-state index contributed by atoms with van der Waals surface area (Å²) in [5.74, 6) is -0.0609. The number of rotatable bonds is 4. The van der Waals surface area contributed by atoms with Crippen LogP contribution < -0.4 is 0 Å². The van der Waals surface area contributed by atoms with E-state index in [1.165, 1.54) is 4.90 Å². The van der Waals surface area contributed by atoms with Crippen molar-refractivity contribution in [3.05, 3.63) is 76.9 Å². The van der Waals surface area contributed by atoms with Gasteiger partial charge in [0, 0.05) is 42.0 Å². The van der Waals surface area contributed by atoms with Gasteiger partial charge in [0.25, 0.3) is 0 Å². The second-order valence-corrected chi connectivity index (χ2v) is 6.70. The lowest BCUT2D eigenvalue weighted by atomic mass is 10.1. The molecule has 2 aromatic carbocycles. The molecule has 0 fully saturated rings. The molecule has 0 bridgehead atoms. The van der Waals surface area contributed by atoms with E-state index < -0.39 is 0 Å². The first-order valence-electron chi connectivity index (χ1n) is 7.85. The van der Waals surface area contributed by atoms with Crippen molar-refractivity contribution in [2.24, 2.45) is 0 Å². The zero-order valence-corrected chi connectivity index (χ0v) is 15.6. The highest BCUT2D eigenvalue weighted by atomic mass is 79.9. The van der Waals surface area contributed by atoms with E-state index in [1.807, 2.05) is 71.6 Å². The number of carbonyl (C=O) groups excluding carboxylic acids is 1. The predicted octanol–water partition coefficient (Wildman–Crippen LogP) is 4.40. The molecular formula is C20H18BrN3O. The van der Waals surface area contributed by atoms with Crippen LogP contribution in [0.1, 0.15) is 5.56 Å². The molecule has 25 heavy (non-hydrogen) atoms. The Labute approximate surface area is 155 Å². The largest absolute Gasteiger partial charge is 0.345 e. The minimum Gasteiger partial charge on any atom is -0.345 e. The lowest BCUT2D eigenvalue weighted by Crippen LogP contribution is -2.18. The van der Waals surface area contributed by atoms with E-state index in [1.54, 1.807) is 20.2 Å². The van der Waals surface area contributed by atoms with Crippen LogP contribution in [0.5, 0.6) is 0 Å². The Hall–Kier alpha value is -2.66. The average molecular weight is 396 g/mol. The SMILES string of the molecule is CN(C)C(=O)/C=C/c1cn(-c2ccccc2)nc1-c1ccc(Br)cc1. The zero-order valence-electron chi connectivity index (χ0n) is 14.1. The normalized spacial score (nSPS) is 11.0. The summed E-state index contributed by atoms with van der Waals surface area (Å²) < 4.78 is 2.84. The molecular weight excluding hydrogens is 378 g/mol. The molecule has 0 radical (unpaired) electrons. The Morgan fingerprint density at radius 2 is 1.76 bits per heavy atom. The number of para-hydroxylation sites is 1. The van der Waals surface area contributed by atoms with Crippen molar-refractivity contribution in [3.63, 3.8) is 0 Å². The van der Waals surface area contributed by atoms with Crippen LogP contribution in [0.2, 0.25) is 0 Å². The summed E-state index contributed by atoms with van der Waals surface area (Å²) in [5.41, 5.74) is 3.69. The number of benzene rings is 2. The van der Waals surface area contributed by atoms with E-state index in [4.69, 9.17) is 5.10 Å². The van der Waals surface area contributed by atoms with E-state index >= 15 is 0 Å². The Bertz CT molecular complexity index is 896. The van der Waals surface area contributed by atoms with E-state index in [9.17, 15) is 4.79 Å². The molecule has 0 aliphatic heterocycles. The Morgan fingerprint density at radius 1 is 1.08 bits per heavy atom. The number of hydrogen-bond acceptors (Lipinski definition) is 2. The van der Waals surface area contributed by atoms with Gasteiger partial charge in [-0.1, -0.05) is 46.3 Å². The minimum atomic E-state index is -0.0609. The highest BCUT2D eigenvalue weighted by Gasteiger charge is 2.11. The maximum Gasteiger partial charge on any atom is 0.246 e. The van der Waals surface area contributed by atoms with Crippen LogP contribution in [-0.2, 0) is 4.79 Å². The van der Waals surface area contributed by atoms with Crippen LogP contribution in [0.4, 0.5) is 0 Å². The molecule has 1 heterocycles. The maximum atomic E-state index is 11.9. The number of aromatic nitrogens is 2. The molecule has 1 amide bonds. The van der Waals surface area contributed by atoms with Gasteiger partial charge in [-0.15, -0.1) is 0 Å². The number of likely N-dealkylation sites (N-methyl/N-ethyl adjacent to an activating group) is 1. The molecule has 0 N–H and O–H groups in total. The van der Waals surface area contributed by atoms with Crippen LogP contribution in [-0.4, -0.2) is 34.7 Å². The molecule has 3 aromatic rings. The number of nitrogens with zero attached hydrogens (tertiary/aromatic N) is 3. The molecule has 0 aliphatic carbocycles. The molecule has 1 aromatic heterocycles. The average Bonchev–Trinajstić information content (AvgIpc) is 3.05. The molecule has 0 aliphatic rings. The number of amides is 1. The van der Waals surface area contributed by atoms with Gasteiger partial charge in [0.05, 0.1) is 11.4 Å². The third-order valence-corrected chi connectivity index (χ3v) is 4.26. The van der Waals surface area contributed by atoms with Crippen molar-refractivity contribution in [1.29, 1.82) is 0 Å². The summed E-state index contributed by atoms with van der Waals surface area (Å²) in [7, 11) is 3.46. The molecule has 5 heteroatoms. The molecule has 0 atom stereocenters. The van der Waals surface area contributed by atoms with Gasteiger partial charge in [-0.3, -0.25) is 4.79 Å². The molecule has 4 nitrogen and oxygen atoms in total. The number of halogens is 1. The maximum absolute atomic E-state index is 11.9. The fraction of sp³-hybridized carbons (Fsp3) is 0.100. The lowest BCUT2D eigenvalue weighted by Gasteiger charge is -2.05. The van der Waals surface area contributed by atoms with Crippen LogP contribution in [0.3, 0.4) is 0 Å². The molecule has 0 saturated heterocycles. The first kappa shape index (κ1) is 17.2. The van der Waals surface area contributed by atoms with E-state index in [0.29, 0.717) is 0 Å². The third-order valence-electron chi connectivity index (χ3n) is 3.73. The zero-order chi connectivity index (χ0) is 17.8. The van der Waals surface area contributed by atoms with Gasteiger partial charge < -0.3 is 4.90 Å². The first-order chi connectivity index (χ1) is 12.0. The number of carbonyl (C=O) groups is 1. The van der Waals surface area contributed by atoms with Gasteiger partial charge in [-0.05, 0) is 30.3 Å². The summed E-state index contributed by atoms with van der Waals surface area (Å²) in [6.45, 7) is 0. The summed E-state index contributed by atoms with van der Waals surface area (Å²) in [6.07, 6.45) is 5.31. The lowest BCUT2D eigenvalue weighted by molar-refractivity contribution is -0.123.